The summed E-state index contributed by atoms with van der Waals surface area (Å²) < 4.78 is 10.5. The molecule has 9 heteroatoms. The molecule has 0 aromatic carbocycles. The fourth-order valence-corrected chi connectivity index (χ4v) is 5.79. The Morgan fingerprint density at radius 1 is 0.562 bits per heavy atom. The molecule has 0 aliphatic rings. The molecule has 0 aliphatic carbocycles. The van der Waals surface area contributed by atoms with E-state index >= 15 is 0 Å². The van der Waals surface area contributed by atoms with Crippen LogP contribution >= 0.6 is 0 Å². The van der Waals surface area contributed by atoms with E-state index in [0.29, 0.717) is 37.2 Å². The van der Waals surface area contributed by atoms with Gasteiger partial charge in [0.25, 0.3) is 0 Å². The lowest BCUT2D eigenvalue weighted by atomic mass is 9.78. The standard InChI is InChI=1S/C39H72O9/c1-6-31(4)32(42)25-21-17-13-9-11-15-19-23-27-36(44)47-33(29-40)38(46)34(30-41)48-37(45)28-24-20-16-12-10-14-18-22-26-35(43)39(5,7-2)8-3/h31,33-34,38,40-41,46H,6-30H2,1-5H3. The van der Waals surface area contributed by atoms with Gasteiger partial charge in [-0.05, 0) is 44.9 Å². The second-order valence-electron chi connectivity index (χ2n) is 14.0. The number of esters is 2. The maximum Gasteiger partial charge on any atom is 0.306 e. The molecule has 0 aromatic rings. The quantitative estimate of drug-likeness (QED) is 0.0462. The van der Waals surface area contributed by atoms with Crippen molar-refractivity contribution >= 4 is 23.5 Å². The SMILES string of the molecule is CCC(C)C(=O)CCCCCCCCCCC(=O)OC(CO)C(O)C(CO)OC(=O)CCCCCCCCCCC(=O)C(C)(CC)CC. The third-order valence-corrected chi connectivity index (χ3v) is 10.2. The first-order valence-electron chi connectivity index (χ1n) is 19.3. The number of Topliss-reactive ketones (excluding diaryl/α,β-unsaturated/α-hetero) is 2. The third kappa shape index (κ3) is 21.3. The van der Waals surface area contributed by atoms with Crippen molar-refractivity contribution < 1.29 is 44.0 Å². The molecule has 0 aromatic heterocycles. The van der Waals surface area contributed by atoms with E-state index in [1.54, 1.807) is 0 Å². The van der Waals surface area contributed by atoms with Gasteiger partial charge in [-0.25, -0.2) is 0 Å². The van der Waals surface area contributed by atoms with Gasteiger partial charge >= 0.3 is 11.9 Å². The molecule has 0 rings (SSSR count). The first-order valence-corrected chi connectivity index (χ1v) is 19.3. The van der Waals surface area contributed by atoms with Gasteiger partial charge in [0.15, 0.2) is 12.2 Å². The monoisotopic (exact) mass is 685 g/mol. The van der Waals surface area contributed by atoms with Crippen LogP contribution in [0.25, 0.3) is 0 Å². The molecule has 48 heavy (non-hydrogen) atoms. The number of hydrogen-bond donors (Lipinski definition) is 3. The molecular formula is C39H72O9. The number of carbonyl (C=O) groups excluding carboxylic acids is 4. The predicted octanol–water partition coefficient (Wildman–Crippen LogP) is 7.97. The lowest BCUT2D eigenvalue weighted by Gasteiger charge is -2.27. The Morgan fingerprint density at radius 3 is 1.23 bits per heavy atom. The maximum atomic E-state index is 12.4. The highest BCUT2D eigenvalue weighted by Crippen LogP contribution is 2.29. The molecule has 0 radical (unpaired) electrons. The summed E-state index contributed by atoms with van der Waals surface area (Å²) in [6.07, 6.45) is 15.7. The van der Waals surface area contributed by atoms with Gasteiger partial charge in [0.2, 0.25) is 0 Å². The summed E-state index contributed by atoms with van der Waals surface area (Å²) in [4.78, 5) is 48.9. The van der Waals surface area contributed by atoms with Gasteiger partial charge in [-0.3, -0.25) is 19.2 Å². The fourth-order valence-electron chi connectivity index (χ4n) is 5.79. The molecule has 0 heterocycles. The van der Waals surface area contributed by atoms with Crippen LogP contribution in [-0.2, 0) is 28.7 Å². The summed E-state index contributed by atoms with van der Waals surface area (Å²) in [7, 11) is 0. The van der Waals surface area contributed by atoms with Gasteiger partial charge in [0.05, 0.1) is 13.2 Å². The third-order valence-electron chi connectivity index (χ3n) is 10.2. The fraction of sp³-hybridized carbons (Fsp3) is 0.897. The van der Waals surface area contributed by atoms with Crippen molar-refractivity contribution in [1.82, 2.24) is 0 Å². The molecule has 0 saturated heterocycles. The largest absolute Gasteiger partial charge is 0.457 e. The van der Waals surface area contributed by atoms with E-state index in [-0.39, 0.29) is 24.2 Å². The van der Waals surface area contributed by atoms with Crippen molar-refractivity contribution in [3.63, 3.8) is 0 Å². The molecule has 0 fully saturated rings. The van der Waals surface area contributed by atoms with Crippen LogP contribution in [-0.4, -0.2) is 70.4 Å². The van der Waals surface area contributed by atoms with E-state index in [9.17, 15) is 34.5 Å². The zero-order valence-electron chi connectivity index (χ0n) is 31.3. The van der Waals surface area contributed by atoms with Gasteiger partial charge in [0, 0.05) is 37.0 Å². The number of hydrogen-bond acceptors (Lipinski definition) is 9. The van der Waals surface area contributed by atoms with Crippen LogP contribution in [0.15, 0.2) is 0 Å². The van der Waals surface area contributed by atoms with Crippen LogP contribution in [0.4, 0.5) is 0 Å². The van der Waals surface area contributed by atoms with Crippen molar-refractivity contribution in [2.75, 3.05) is 13.2 Å². The highest BCUT2D eigenvalue weighted by atomic mass is 16.6. The minimum atomic E-state index is -1.54. The normalized spacial score (nSPS) is 14.2. The van der Waals surface area contributed by atoms with Gasteiger partial charge < -0.3 is 24.8 Å². The van der Waals surface area contributed by atoms with Gasteiger partial charge in [0.1, 0.15) is 17.7 Å². The zero-order valence-corrected chi connectivity index (χ0v) is 31.3. The van der Waals surface area contributed by atoms with Crippen LogP contribution < -0.4 is 0 Å². The first-order chi connectivity index (χ1) is 23.0. The number of rotatable bonds is 33. The molecule has 0 spiro atoms. The van der Waals surface area contributed by atoms with Crippen molar-refractivity contribution in [3.8, 4) is 0 Å². The highest BCUT2D eigenvalue weighted by molar-refractivity contribution is 5.84. The summed E-state index contributed by atoms with van der Waals surface area (Å²) in [5, 5.41) is 30.0. The lowest BCUT2D eigenvalue weighted by Crippen LogP contribution is -2.46. The summed E-state index contributed by atoms with van der Waals surface area (Å²) >= 11 is 0. The van der Waals surface area contributed by atoms with E-state index in [1.807, 2.05) is 13.8 Å². The molecular weight excluding hydrogens is 612 g/mol. The Bertz CT molecular complexity index is 854. The van der Waals surface area contributed by atoms with Crippen LogP contribution in [0.5, 0.6) is 0 Å². The molecule has 4 unspecified atom stereocenters. The minimum absolute atomic E-state index is 0.153. The maximum absolute atomic E-state index is 12.4. The lowest BCUT2D eigenvalue weighted by molar-refractivity contribution is -0.177. The molecule has 0 amide bonds. The Kier molecular flexibility index (Phi) is 27.8. The van der Waals surface area contributed by atoms with Crippen LogP contribution in [0.2, 0.25) is 0 Å². The predicted molar refractivity (Wildman–Crippen MR) is 190 cm³/mol. The number of ether oxygens (including phenoxy) is 2. The Balaban J connectivity index is 4.05. The Hall–Kier alpha value is -1.84. The molecule has 0 saturated carbocycles. The topological polar surface area (TPSA) is 147 Å². The summed E-state index contributed by atoms with van der Waals surface area (Å²) in [6.45, 7) is 8.95. The first kappa shape index (κ1) is 46.2. The molecule has 282 valence electrons. The van der Waals surface area contributed by atoms with Gasteiger partial charge in [-0.2, -0.15) is 0 Å². The van der Waals surface area contributed by atoms with E-state index in [2.05, 4.69) is 20.8 Å². The van der Waals surface area contributed by atoms with E-state index < -0.39 is 43.5 Å². The van der Waals surface area contributed by atoms with E-state index in [4.69, 9.17) is 9.47 Å². The van der Waals surface area contributed by atoms with Crippen LogP contribution in [0, 0.1) is 11.3 Å². The second kappa shape index (κ2) is 28.9. The smallest absolute Gasteiger partial charge is 0.306 e. The summed E-state index contributed by atoms with van der Waals surface area (Å²) in [5.41, 5.74) is -0.178. The number of ketones is 2. The van der Waals surface area contributed by atoms with Crippen molar-refractivity contribution in [2.45, 2.75) is 201 Å². The average molecular weight is 685 g/mol. The number of unbranched alkanes of at least 4 members (excludes halogenated alkanes) is 14. The average Bonchev–Trinajstić information content (AvgIpc) is 3.09. The number of aliphatic hydroxyl groups is 3. The summed E-state index contributed by atoms with van der Waals surface area (Å²) in [5.74, 6) is -0.192. The summed E-state index contributed by atoms with van der Waals surface area (Å²) in [6, 6.07) is 0. The van der Waals surface area contributed by atoms with Crippen LogP contribution in [0.3, 0.4) is 0 Å². The molecule has 4 atom stereocenters. The van der Waals surface area contributed by atoms with Crippen molar-refractivity contribution in [1.29, 1.82) is 0 Å². The Labute approximate surface area is 292 Å². The molecule has 0 aliphatic heterocycles. The number of carbonyl (C=O) groups is 4. The van der Waals surface area contributed by atoms with E-state index in [0.717, 1.165) is 109 Å². The molecule has 3 N–H and O–H groups in total. The Morgan fingerprint density at radius 2 is 0.896 bits per heavy atom. The van der Waals surface area contributed by atoms with Crippen molar-refractivity contribution in [3.05, 3.63) is 0 Å². The second-order valence-corrected chi connectivity index (χ2v) is 14.0. The van der Waals surface area contributed by atoms with Crippen LogP contribution in [0.1, 0.15) is 182 Å². The van der Waals surface area contributed by atoms with Gasteiger partial charge in [-0.1, -0.05) is 112 Å². The molecule has 0 bridgehead atoms. The highest BCUT2D eigenvalue weighted by Gasteiger charge is 2.32. The zero-order chi connectivity index (χ0) is 36.2. The molecule has 9 nitrogen and oxygen atoms in total. The van der Waals surface area contributed by atoms with E-state index in [1.165, 1.54) is 0 Å². The van der Waals surface area contributed by atoms with Gasteiger partial charge in [-0.15, -0.1) is 0 Å². The minimum Gasteiger partial charge on any atom is -0.457 e. The number of aliphatic hydroxyl groups excluding tert-OH is 3. The van der Waals surface area contributed by atoms with Crippen molar-refractivity contribution in [2.24, 2.45) is 11.3 Å².